The molecule has 0 saturated carbocycles. The molecule has 0 aromatic carbocycles. The lowest BCUT2D eigenvalue weighted by molar-refractivity contribution is -0.0749. The van der Waals surface area contributed by atoms with E-state index in [2.05, 4.69) is 30.7 Å². The lowest BCUT2D eigenvalue weighted by Gasteiger charge is -2.42. The third-order valence-electron chi connectivity index (χ3n) is 3.04. The van der Waals surface area contributed by atoms with Gasteiger partial charge in [0, 0.05) is 20.0 Å². The highest BCUT2D eigenvalue weighted by Crippen LogP contribution is 2.25. The van der Waals surface area contributed by atoms with Crippen LogP contribution in [-0.4, -0.2) is 35.6 Å². The maximum absolute atomic E-state index is 11.2. The molecule has 0 spiro atoms. The van der Waals surface area contributed by atoms with Crippen LogP contribution in [0.3, 0.4) is 0 Å². The van der Waals surface area contributed by atoms with Gasteiger partial charge in [0.2, 0.25) is 0 Å². The number of rotatable bonds is 2. The van der Waals surface area contributed by atoms with Crippen molar-refractivity contribution in [2.24, 2.45) is 0 Å². The molecule has 1 saturated heterocycles. The summed E-state index contributed by atoms with van der Waals surface area (Å²) in [7, 11) is 0. The maximum atomic E-state index is 11.2. The molecular formula is C14H20N2O2. The van der Waals surface area contributed by atoms with Crippen molar-refractivity contribution in [2.75, 3.05) is 18.0 Å². The Labute approximate surface area is 108 Å². The number of pyridine rings is 1. The molecule has 2 rings (SSSR count). The van der Waals surface area contributed by atoms with Crippen LogP contribution >= 0.6 is 0 Å². The van der Waals surface area contributed by atoms with Gasteiger partial charge in [-0.3, -0.25) is 9.78 Å². The molecule has 1 fully saturated rings. The molecule has 4 heteroatoms. The first-order valence-corrected chi connectivity index (χ1v) is 6.27. The highest BCUT2D eigenvalue weighted by molar-refractivity contribution is 5.92. The molecule has 98 valence electrons. The number of ketones is 1. The fourth-order valence-corrected chi connectivity index (χ4v) is 2.43. The molecule has 0 amide bonds. The normalized spacial score (nSPS) is 22.9. The minimum absolute atomic E-state index is 0.00257. The summed E-state index contributed by atoms with van der Waals surface area (Å²) >= 11 is 0. The van der Waals surface area contributed by atoms with Crippen molar-refractivity contribution in [3.05, 3.63) is 24.0 Å². The molecule has 2 heterocycles. The van der Waals surface area contributed by atoms with Gasteiger partial charge < -0.3 is 9.64 Å². The Balaban J connectivity index is 2.18. The number of aromatic nitrogens is 1. The molecule has 4 nitrogen and oxygen atoms in total. The van der Waals surface area contributed by atoms with E-state index in [0.29, 0.717) is 5.69 Å². The van der Waals surface area contributed by atoms with Gasteiger partial charge in [0.15, 0.2) is 5.78 Å². The number of Topliss-reactive ketones (excluding diaryl/α,β-unsaturated/α-hetero) is 1. The lowest BCUT2D eigenvalue weighted by atomic mass is 10.1. The minimum atomic E-state index is -0.156. The second-order valence-corrected chi connectivity index (χ2v) is 5.53. The summed E-state index contributed by atoms with van der Waals surface area (Å²) in [5.74, 6) is -0.00257. The lowest BCUT2D eigenvalue weighted by Crippen LogP contribution is -2.52. The molecule has 1 aliphatic heterocycles. The van der Waals surface area contributed by atoms with E-state index < -0.39 is 0 Å². The summed E-state index contributed by atoms with van der Waals surface area (Å²) in [5, 5.41) is 0. The van der Waals surface area contributed by atoms with E-state index >= 15 is 0 Å². The minimum Gasteiger partial charge on any atom is -0.369 e. The van der Waals surface area contributed by atoms with E-state index in [0.717, 1.165) is 18.8 Å². The second kappa shape index (κ2) is 4.69. The molecular weight excluding hydrogens is 228 g/mol. The molecule has 1 aliphatic rings. The third-order valence-corrected chi connectivity index (χ3v) is 3.04. The van der Waals surface area contributed by atoms with Crippen molar-refractivity contribution in [2.45, 2.75) is 39.4 Å². The predicted octanol–water partition coefficient (Wildman–Crippen LogP) is 2.29. The molecule has 0 aliphatic carbocycles. The Bertz CT molecular complexity index is 440. The van der Waals surface area contributed by atoms with Crippen molar-refractivity contribution in [3.63, 3.8) is 0 Å². The van der Waals surface area contributed by atoms with Crippen LogP contribution in [0.5, 0.6) is 0 Å². The Morgan fingerprint density at radius 1 is 1.50 bits per heavy atom. The summed E-state index contributed by atoms with van der Waals surface area (Å²) in [6.45, 7) is 9.47. The van der Waals surface area contributed by atoms with Crippen molar-refractivity contribution in [1.29, 1.82) is 0 Å². The monoisotopic (exact) mass is 248 g/mol. The van der Waals surface area contributed by atoms with Gasteiger partial charge >= 0.3 is 0 Å². The number of carbonyl (C=O) groups is 1. The molecule has 1 unspecified atom stereocenters. The number of carbonyl (C=O) groups excluding carboxylic acids is 1. The first kappa shape index (κ1) is 13.0. The predicted molar refractivity (Wildman–Crippen MR) is 71.1 cm³/mol. The molecule has 1 atom stereocenters. The number of hydrogen-bond donors (Lipinski definition) is 0. The zero-order valence-corrected chi connectivity index (χ0v) is 11.4. The van der Waals surface area contributed by atoms with Gasteiger partial charge in [-0.05, 0) is 32.9 Å². The van der Waals surface area contributed by atoms with Gasteiger partial charge in [-0.15, -0.1) is 0 Å². The average molecular weight is 248 g/mol. The number of hydrogen-bond acceptors (Lipinski definition) is 4. The van der Waals surface area contributed by atoms with Crippen LogP contribution in [0.2, 0.25) is 0 Å². The van der Waals surface area contributed by atoms with Gasteiger partial charge in [0.1, 0.15) is 5.69 Å². The first-order valence-electron chi connectivity index (χ1n) is 6.27. The van der Waals surface area contributed by atoms with Gasteiger partial charge in [0.25, 0.3) is 0 Å². The zero-order chi connectivity index (χ0) is 13.3. The molecule has 1 aromatic rings. The largest absolute Gasteiger partial charge is 0.369 e. The summed E-state index contributed by atoms with van der Waals surface area (Å²) in [4.78, 5) is 17.6. The van der Waals surface area contributed by atoms with Gasteiger partial charge in [-0.2, -0.15) is 0 Å². The summed E-state index contributed by atoms with van der Waals surface area (Å²) < 4.78 is 5.87. The van der Waals surface area contributed by atoms with Crippen LogP contribution in [0.25, 0.3) is 0 Å². The van der Waals surface area contributed by atoms with Crippen LogP contribution in [0, 0.1) is 0 Å². The SMILES string of the molecule is CC(=O)c1ccc(N2CC(C)OC(C)(C)C2)cn1. The average Bonchev–Trinajstić information content (AvgIpc) is 2.26. The Hall–Kier alpha value is -1.42. The van der Waals surface area contributed by atoms with Gasteiger partial charge in [0.05, 0.1) is 23.6 Å². The van der Waals surface area contributed by atoms with Crippen LogP contribution in [0.1, 0.15) is 38.2 Å². The standard InChI is InChI=1S/C14H20N2O2/c1-10-8-16(9-14(3,4)18-10)12-5-6-13(11(2)17)15-7-12/h5-7,10H,8-9H2,1-4H3. The van der Waals surface area contributed by atoms with Crippen molar-refractivity contribution in [1.82, 2.24) is 4.98 Å². The van der Waals surface area contributed by atoms with Crippen molar-refractivity contribution < 1.29 is 9.53 Å². The van der Waals surface area contributed by atoms with E-state index in [4.69, 9.17) is 4.74 Å². The highest BCUT2D eigenvalue weighted by Gasteiger charge is 2.31. The van der Waals surface area contributed by atoms with Crippen LogP contribution in [-0.2, 0) is 4.74 Å². The van der Waals surface area contributed by atoms with Crippen LogP contribution < -0.4 is 4.90 Å². The van der Waals surface area contributed by atoms with Crippen LogP contribution in [0.15, 0.2) is 18.3 Å². The second-order valence-electron chi connectivity index (χ2n) is 5.53. The molecule has 0 bridgehead atoms. The number of nitrogens with zero attached hydrogens (tertiary/aromatic N) is 2. The molecule has 18 heavy (non-hydrogen) atoms. The van der Waals surface area contributed by atoms with Gasteiger partial charge in [-0.25, -0.2) is 0 Å². The Kier molecular flexibility index (Phi) is 3.39. The Morgan fingerprint density at radius 3 is 2.72 bits per heavy atom. The van der Waals surface area contributed by atoms with E-state index in [1.807, 2.05) is 6.07 Å². The highest BCUT2D eigenvalue weighted by atomic mass is 16.5. The smallest absolute Gasteiger partial charge is 0.178 e. The van der Waals surface area contributed by atoms with Crippen molar-refractivity contribution in [3.8, 4) is 0 Å². The van der Waals surface area contributed by atoms with Gasteiger partial charge in [-0.1, -0.05) is 0 Å². The fourth-order valence-electron chi connectivity index (χ4n) is 2.43. The molecule has 1 aromatic heterocycles. The van der Waals surface area contributed by atoms with E-state index in [9.17, 15) is 4.79 Å². The first-order chi connectivity index (χ1) is 8.37. The van der Waals surface area contributed by atoms with E-state index in [-0.39, 0.29) is 17.5 Å². The number of anilines is 1. The fraction of sp³-hybridized carbons (Fsp3) is 0.571. The molecule has 0 radical (unpaired) electrons. The zero-order valence-electron chi connectivity index (χ0n) is 11.4. The summed E-state index contributed by atoms with van der Waals surface area (Å²) in [6, 6.07) is 3.74. The number of ether oxygens (including phenoxy) is 1. The van der Waals surface area contributed by atoms with E-state index in [1.165, 1.54) is 6.92 Å². The maximum Gasteiger partial charge on any atom is 0.178 e. The molecule has 0 N–H and O–H groups in total. The summed E-state index contributed by atoms with van der Waals surface area (Å²) in [6.07, 6.45) is 1.96. The topological polar surface area (TPSA) is 42.4 Å². The number of morpholine rings is 1. The van der Waals surface area contributed by atoms with E-state index in [1.54, 1.807) is 12.3 Å². The Morgan fingerprint density at radius 2 is 2.22 bits per heavy atom. The summed E-state index contributed by atoms with van der Waals surface area (Å²) in [5.41, 5.74) is 1.40. The van der Waals surface area contributed by atoms with Crippen molar-refractivity contribution >= 4 is 11.5 Å². The third kappa shape index (κ3) is 2.88. The van der Waals surface area contributed by atoms with Crippen LogP contribution in [0.4, 0.5) is 5.69 Å². The quantitative estimate of drug-likeness (QED) is 0.753.